The van der Waals surface area contributed by atoms with Gasteiger partial charge in [-0.05, 0) is 41.5 Å². The lowest BCUT2D eigenvalue weighted by molar-refractivity contribution is 0.370. The predicted molar refractivity (Wildman–Crippen MR) is 102 cm³/mol. The summed E-state index contributed by atoms with van der Waals surface area (Å²) in [7, 11) is 0. The van der Waals surface area contributed by atoms with E-state index in [-0.39, 0.29) is 6.61 Å². The summed E-state index contributed by atoms with van der Waals surface area (Å²) in [4.78, 5) is 4.61. The van der Waals surface area contributed by atoms with E-state index in [0.29, 0.717) is 5.02 Å². The SMILES string of the molecule is C#CCOc1ccc2ccccc2c1C=Nc1cc(Cl)ccc1C. The van der Waals surface area contributed by atoms with Crippen molar-refractivity contribution in [3.63, 3.8) is 0 Å². The average Bonchev–Trinajstić information content (AvgIpc) is 2.61. The van der Waals surface area contributed by atoms with E-state index in [1.165, 1.54) is 0 Å². The van der Waals surface area contributed by atoms with E-state index < -0.39 is 0 Å². The largest absolute Gasteiger partial charge is 0.480 e. The second-order valence-corrected chi connectivity index (χ2v) is 5.82. The molecule has 3 aromatic rings. The zero-order valence-electron chi connectivity index (χ0n) is 13.3. The van der Waals surface area contributed by atoms with Crippen LogP contribution in [0.2, 0.25) is 5.02 Å². The van der Waals surface area contributed by atoms with Gasteiger partial charge in [-0.1, -0.05) is 53.9 Å². The first-order valence-corrected chi connectivity index (χ1v) is 7.95. The van der Waals surface area contributed by atoms with E-state index in [2.05, 4.69) is 17.0 Å². The molecular weight excluding hydrogens is 318 g/mol. The third-order valence-corrected chi connectivity index (χ3v) is 3.98. The molecule has 0 aliphatic carbocycles. The second-order valence-electron chi connectivity index (χ2n) is 5.38. The van der Waals surface area contributed by atoms with E-state index in [9.17, 15) is 0 Å². The molecule has 0 saturated carbocycles. The Bertz CT molecular complexity index is 954. The van der Waals surface area contributed by atoms with Crippen LogP contribution in [0.1, 0.15) is 11.1 Å². The number of nitrogens with zero attached hydrogens (tertiary/aromatic N) is 1. The van der Waals surface area contributed by atoms with Gasteiger partial charge in [0.25, 0.3) is 0 Å². The molecule has 3 heteroatoms. The smallest absolute Gasteiger partial charge is 0.148 e. The van der Waals surface area contributed by atoms with Crippen LogP contribution in [-0.4, -0.2) is 12.8 Å². The van der Waals surface area contributed by atoms with Gasteiger partial charge in [0.15, 0.2) is 0 Å². The van der Waals surface area contributed by atoms with Gasteiger partial charge in [-0.2, -0.15) is 0 Å². The molecule has 0 spiro atoms. The van der Waals surface area contributed by atoms with Crippen molar-refractivity contribution < 1.29 is 4.74 Å². The highest BCUT2D eigenvalue weighted by Crippen LogP contribution is 2.28. The minimum absolute atomic E-state index is 0.218. The molecule has 3 rings (SSSR count). The number of fused-ring (bicyclic) bond motifs is 1. The minimum Gasteiger partial charge on any atom is -0.480 e. The Balaban J connectivity index is 2.10. The molecule has 0 radical (unpaired) electrons. The lowest BCUT2D eigenvalue weighted by atomic mass is 10.0. The zero-order chi connectivity index (χ0) is 16.9. The average molecular weight is 334 g/mol. The summed E-state index contributed by atoms with van der Waals surface area (Å²) < 4.78 is 5.68. The summed E-state index contributed by atoms with van der Waals surface area (Å²) >= 11 is 6.07. The minimum atomic E-state index is 0.218. The van der Waals surface area contributed by atoms with E-state index >= 15 is 0 Å². The predicted octanol–water partition coefficient (Wildman–Crippen LogP) is 5.56. The molecule has 0 aromatic heterocycles. The molecule has 118 valence electrons. The monoisotopic (exact) mass is 333 g/mol. The molecule has 0 fully saturated rings. The van der Waals surface area contributed by atoms with Gasteiger partial charge >= 0.3 is 0 Å². The lowest BCUT2D eigenvalue weighted by Gasteiger charge is -2.10. The molecule has 3 aromatic carbocycles. The molecule has 0 unspecified atom stereocenters. The maximum absolute atomic E-state index is 6.07. The van der Waals surface area contributed by atoms with Crippen LogP contribution >= 0.6 is 11.6 Å². The van der Waals surface area contributed by atoms with Gasteiger partial charge in [0.1, 0.15) is 12.4 Å². The van der Waals surface area contributed by atoms with Crippen LogP contribution in [0.5, 0.6) is 5.75 Å². The number of hydrogen-bond donors (Lipinski definition) is 0. The third kappa shape index (κ3) is 3.42. The van der Waals surface area contributed by atoms with Crippen LogP contribution in [0.3, 0.4) is 0 Å². The number of halogens is 1. The zero-order valence-corrected chi connectivity index (χ0v) is 14.0. The number of rotatable bonds is 4. The standard InChI is InChI=1S/C21H16ClNO/c1-3-12-24-21-11-9-16-6-4-5-7-18(16)19(21)14-23-20-13-17(22)10-8-15(20)2/h1,4-11,13-14H,12H2,2H3. The highest BCUT2D eigenvalue weighted by atomic mass is 35.5. The Kier molecular flexibility index (Phi) is 4.84. The van der Waals surface area contributed by atoms with E-state index in [0.717, 1.165) is 33.3 Å². The Morgan fingerprint density at radius 2 is 2.00 bits per heavy atom. The summed E-state index contributed by atoms with van der Waals surface area (Å²) in [6.45, 7) is 2.22. The fourth-order valence-corrected chi connectivity index (χ4v) is 2.68. The molecule has 0 heterocycles. The van der Waals surface area contributed by atoms with Gasteiger partial charge in [0.05, 0.1) is 5.69 Å². The fraction of sp³-hybridized carbons (Fsp3) is 0.0952. The molecule has 24 heavy (non-hydrogen) atoms. The van der Waals surface area contributed by atoms with Crippen LogP contribution in [0.25, 0.3) is 10.8 Å². The van der Waals surface area contributed by atoms with Gasteiger partial charge in [0.2, 0.25) is 0 Å². The Hall–Kier alpha value is -2.76. The van der Waals surface area contributed by atoms with E-state index in [1.807, 2.05) is 61.7 Å². The van der Waals surface area contributed by atoms with Crippen LogP contribution in [0, 0.1) is 19.3 Å². The van der Waals surface area contributed by atoms with Gasteiger partial charge < -0.3 is 4.74 Å². The summed E-state index contributed by atoms with van der Waals surface area (Å²) in [6.07, 6.45) is 7.13. The normalized spacial score (nSPS) is 10.9. The number of hydrogen-bond acceptors (Lipinski definition) is 2. The number of aryl methyl sites for hydroxylation is 1. The molecule has 0 aliphatic rings. The number of ether oxygens (including phenoxy) is 1. The van der Waals surface area contributed by atoms with Crippen molar-refractivity contribution in [3.8, 4) is 18.1 Å². The highest BCUT2D eigenvalue weighted by molar-refractivity contribution is 6.30. The van der Waals surface area contributed by atoms with Crippen molar-refractivity contribution in [1.29, 1.82) is 0 Å². The second kappa shape index (κ2) is 7.21. The van der Waals surface area contributed by atoms with Crippen LogP contribution < -0.4 is 4.74 Å². The maximum Gasteiger partial charge on any atom is 0.148 e. The molecular formula is C21H16ClNO. The topological polar surface area (TPSA) is 21.6 Å². The molecule has 2 nitrogen and oxygen atoms in total. The number of aliphatic imine (C=N–C) groups is 1. The maximum atomic E-state index is 6.07. The van der Waals surface area contributed by atoms with Gasteiger partial charge in [-0.25, -0.2) is 0 Å². The summed E-state index contributed by atoms with van der Waals surface area (Å²) in [5, 5.41) is 2.85. The molecule has 0 aliphatic heterocycles. The molecule has 0 saturated heterocycles. The molecule has 0 amide bonds. The van der Waals surface area contributed by atoms with Gasteiger partial charge in [-0.15, -0.1) is 6.42 Å². The lowest BCUT2D eigenvalue weighted by Crippen LogP contribution is -1.98. The van der Waals surface area contributed by atoms with Crippen LogP contribution in [0.15, 0.2) is 59.6 Å². The Labute approximate surface area is 146 Å². The van der Waals surface area contributed by atoms with Gasteiger partial charge in [0, 0.05) is 16.8 Å². The Morgan fingerprint density at radius 3 is 2.83 bits per heavy atom. The van der Waals surface area contributed by atoms with Crippen molar-refractivity contribution in [2.75, 3.05) is 6.61 Å². The molecule has 0 N–H and O–H groups in total. The van der Waals surface area contributed by atoms with Crippen molar-refractivity contribution in [2.45, 2.75) is 6.92 Å². The first-order valence-electron chi connectivity index (χ1n) is 7.57. The number of terminal acetylenes is 1. The van der Waals surface area contributed by atoms with Crippen LogP contribution in [-0.2, 0) is 0 Å². The Morgan fingerprint density at radius 1 is 1.17 bits per heavy atom. The van der Waals surface area contributed by atoms with Gasteiger partial charge in [-0.3, -0.25) is 4.99 Å². The quantitative estimate of drug-likeness (QED) is 0.452. The summed E-state index contributed by atoms with van der Waals surface area (Å²) in [5.41, 5.74) is 2.79. The van der Waals surface area contributed by atoms with Crippen LogP contribution in [0.4, 0.5) is 5.69 Å². The third-order valence-electron chi connectivity index (χ3n) is 3.75. The first-order chi connectivity index (χ1) is 11.7. The number of benzene rings is 3. The van der Waals surface area contributed by atoms with E-state index in [1.54, 1.807) is 0 Å². The summed E-state index contributed by atoms with van der Waals surface area (Å²) in [5.74, 6) is 3.22. The molecule has 0 atom stereocenters. The fourth-order valence-electron chi connectivity index (χ4n) is 2.51. The highest BCUT2D eigenvalue weighted by Gasteiger charge is 2.07. The summed E-state index contributed by atoms with van der Waals surface area (Å²) in [6, 6.07) is 17.7. The first kappa shape index (κ1) is 16.1. The van der Waals surface area contributed by atoms with Crippen molar-refractivity contribution in [2.24, 2.45) is 4.99 Å². The molecule has 0 bridgehead atoms. The van der Waals surface area contributed by atoms with Crippen molar-refractivity contribution in [1.82, 2.24) is 0 Å². The van der Waals surface area contributed by atoms with Crippen molar-refractivity contribution >= 4 is 34.3 Å². The van der Waals surface area contributed by atoms with E-state index in [4.69, 9.17) is 22.8 Å². The van der Waals surface area contributed by atoms with Crippen molar-refractivity contribution in [3.05, 3.63) is 70.7 Å².